The molecule has 6 heteroatoms. The number of carbonyl (C=O) groups excluding carboxylic acids is 3. The predicted octanol–water partition coefficient (Wildman–Crippen LogP) is 19.9. The maximum Gasteiger partial charge on any atom is 0.306 e. The van der Waals surface area contributed by atoms with E-state index in [1.807, 2.05) is 6.08 Å². The fraction of sp³-hybridized carbons (Fsp3) is 0.734. The van der Waals surface area contributed by atoms with E-state index < -0.39 is 6.10 Å². The molecule has 0 aromatic rings. The van der Waals surface area contributed by atoms with Crippen molar-refractivity contribution in [3.8, 4) is 0 Å². The first-order valence-corrected chi connectivity index (χ1v) is 29.6. The Morgan fingerprint density at radius 2 is 0.629 bits per heavy atom. The number of hydrogen-bond acceptors (Lipinski definition) is 6. The number of esters is 3. The minimum atomic E-state index is -0.812. The molecule has 0 aliphatic heterocycles. The average Bonchev–Trinajstić information content (AvgIpc) is 3.36. The molecule has 0 rings (SSSR count). The van der Waals surface area contributed by atoms with Crippen molar-refractivity contribution < 1.29 is 28.6 Å². The molecule has 0 aromatic carbocycles. The molecule has 0 aliphatic carbocycles. The van der Waals surface area contributed by atoms with Gasteiger partial charge in [0, 0.05) is 19.3 Å². The number of unbranched alkanes of at least 4 members (excludes halogenated alkanes) is 29. The number of carbonyl (C=O) groups is 3. The Morgan fingerprint density at radius 1 is 0.314 bits per heavy atom. The molecule has 0 saturated carbocycles. The van der Waals surface area contributed by atoms with Crippen molar-refractivity contribution in [1.82, 2.24) is 0 Å². The number of rotatable bonds is 53. The van der Waals surface area contributed by atoms with Crippen LogP contribution in [0.2, 0.25) is 0 Å². The summed E-state index contributed by atoms with van der Waals surface area (Å²) in [5, 5.41) is 0. The number of allylic oxidation sites excluding steroid dienone is 14. The first-order chi connectivity index (χ1) is 34.5. The van der Waals surface area contributed by atoms with E-state index in [2.05, 4.69) is 99.8 Å². The van der Waals surface area contributed by atoms with Crippen molar-refractivity contribution in [2.75, 3.05) is 13.2 Å². The second-order valence-electron chi connectivity index (χ2n) is 19.6. The van der Waals surface area contributed by atoms with Gasteiger partial charge in [0.1, 0.15) is 13.2 Å². The molecule has 402 valence electrons. The van der Waals surface area contributed by atoms with E-state index >= 15 is 0 Å². The van der Waals surface area contributed by atoms with Crippen LogP contribution in [0.4, 0.5) is 0 Å². The third kappa shape index (κ3) is 55.5. The Balaban J connectivity index is 4.48. The first-order valence-electron chi connectivity index (χ1n) is 29.6. The normalized spacial score (nSPS) is 12.7. The molecule has 0 fully saturated rings. The Hall–Kier alpha value is -3.41. The summed E-state index contributed by atoms with van der Waals surface area (Å²) < 4.78 is 16.8. The monoisotopic (exact) mass is 975 g/mol. The molecule has 0 aromatic heterocycles. The van der Waals surface area contributed by atoms with Crippen LogP contribution < -0.4 is 0 Å². The third-order valence-electron chi connectivity index (χ3n) is 12.7. The van der Waals surface area contributed by atoms with Crippen molar-refractivity contribution in [2.45, 2.75) is 290 Å². The van der Waals surface area contributed by atoms with Crippen LogP contribution in [-0.4, -0.2) is 37.2 Å². The molecule has 0 saturated heterocycles. The standard InChI is InChI=1S/C64H110O6/c1-4-7-10-13-16-19-22-25-28-31-33-36-39-42-45-48-51-54-57-63(66)69-60-61(59-68-62(65)56-53-50-47-44-41-38-35-30-27-24-21-18-15-12-9-6-3)70-64(67)58-55-52-49-46-43-40-37-34-32-29-26-23-20-17-14-11-8-5-2/h9,12,18,21,27-28,30-31,33,36,38,41,47,50,61H,4-8,10-11,13-17,19-20,22-26,29,32,34-35,37,39-40,42-46,48-49,51-60H2,1-3H3/b12-9-,21-18-,30-27-,31-28-,36-33-,41-38-,50-47-. The van der Waals surface area contributed by atoms with Crippen LogP contribution >= 0.6 is 0 Å². The van der Waals surface area contributed by atoms with Crippen LogP contribution in [-0.2, 0) is 28.6 Å². The fourth-order valence-corrected chi connectivity index (χ4v) is 8.25. The van der Waals surface area contributed by atoms with Crippen LogP contribution in [0.1, 0.15) is 284 Å². The molecule has 0 spiro atoms. The van der Waals surface area contributed by atoms with Gasteiger partial charge in [0.15, 0.2) is 6.10 Å². The Kier molecular flexibility index (Phi) is 55.3. The molecule has 6 nitrogen and oxygen atoms in total. The molecular formula is C64H110O6. The highest BCUT2D eigenvalue weighted by Crippen LogP contribution is 2.16. The second kappa shape index (κ2) is 58.2. The Labute approximate surface area is 433 Å². The predicted molar refractivity (Wildman–Crippen MR) is 302 cm³/mol. The SMILES string of the molecule is CC/C=C\C/C=C\C/C=C\C/C=C\C/C=C\CCC(=O)OCC(COC(=O)CCCCCCC/C=C\C=C/CCCCCCCCC)OC(=O)CCCCCCCCCCCCCCCCCCCC. The van der Waals surface area contributed by atoms with E-state index in [4.69, 9.17) is 14.2 Å². The first kappa shape index (κ1) is 66.6. The summed E-state index contributed by atoms with van der Waals surface area (Å²) >= 11 is 0. The van der Waals surface area contributed by atoms with Crippen molar-refractivity contribution in [1.29, 1.82) is 0 Å². The fourth-order valence-electron chi connectivity index (χ4n) is 8.25. The van der Waals surface area contributed by atoms with Gasteiger partial charge in [-0.25, -0.2) is 0 Å². The average molecular weight is 976 g/mol. The highest BCUT2D eigenvalue weighted by atomic mass is 16.6. The minimum Gasteiger partial charge on any atom is -0.462 e. The van der Waals surface area contributed by atoms with Crippen molar-refractivity contribution in [2.24, 2.45) is 0 Å². The maximum absolute atomic E-state index is 12.9. The van der Waals surface area contributed by atoms with E-state index in [1.54, 1.807) is 0 Å². The lowest BCUT2D eigenvalue weighted by atomic mass is 10.0. The van der Waals surface area contributed by atoms with Crippen LogP contribution in [0.15, 0.2) is 85.1 Å². The van der Waals surface area contributed by atoms with Gasteiger partial charge in [-0.15, -0.1) is 0 Å². The van der Waals surface area contributed by atoms with E-state index in [0.717, 1.165) is 89.9 Å². The van der Waals surface area contributed by atoms with Crippen LogP contribution in [0.5, 0.6) is 0 Å². The van der Waals surface area contributed by atoms with Gasteiger partial charge in [0.05, 0.1) is 0 Å². The van der Waals surface area contributed by atoms with E-state index in [0.29, 0.717) is 19.3 Å². The third-order valence-corrected chi connectivity index (χ3v) is 12.7. The summed E-state index contributed by atoms with van der Waals surface area (Å²) in [6, 6.07) is 0. The van der Waals surface area contributed by atoms with Gasteiger partial charge in [0.2, 0.25) is 0 Å². The second-order valence-corrected chi connectivity index (χ2v) is 19.6. The molecular weight excluding hydrogens is 865 g/mol. The summed E-state index contributed by atoms with van der Waals surface area (Å²) in [7, 11) is 0. The van der Waals surface area contributed by atoms with Gasteiger partial charge in [-0.1, -0.05) is 273 Å². The van der Waals surface area contributed by atoms with Crippen molar-refractivity contribution in [3.63, 3.8) is 0 Å². The number of hydrogen-bond donors (Lipinski definition) is 0. The molecule has 0 aliphatic rings. The summed E-state index contributed by atoms with van der Waals surface area (Å²) in [5.41, 5.74) is 0. The topological polar surface area (TPSA) is 78.9 Å². The lowest BCUT2D eigenvalue weighted by molar-refractivity contribution is -0.166. The largest absolute Gasteiger partial charge is 0.462 e. The van der Waals surface area contributed by atoms with Gasteiger partial charge >= 0.3 is 17.9 Å². The van der Waals surface area contributed by atoms with Gasteiger partial charge < -0.3 is 14.2 Å². The van der Waals surface area contributed by atoms with Gasteiger partial charge in [0.25, 0.3) is 0 Å². The molecule has 1 atom stereocenters. The lowest BCUT2D eigenvalue weighted by Crippen LogP contribution is -2.30. The molecule has 70 heavy (non-hydrogen) atoms. The van der Waals surface area contributed by atoms with Crippen LogP contribution in [0, 0.1) is 0 Å². The van der Waals surface area contributed by atoms with Crippen molar-refractivity contribution in [3.05, 3.63) is 85.1 Å². The van der Waals surface area contributed by atoms with Crippen molar-refractivity contribution >= 4 is 17.9 Å². The van der Waals surface area contributed by atoms with Crippen LogP contribution in [0.25, 0.3) is 0 Å². The quantitative estimate of drug-likeness (QED) is 0.0199. The summed E-state index contributed by atoms with van der Waals surface area (Å²) in [4.78, 5) is 38.2. The van der Waals surface area contributed by atoms with Gasteiger partial charge in [-0.05, 0) is 77.0 Å². The lowest BCUT2D eigenvalue weighted by Gasteiger charge is -2.18. The van der Waals surface area contributed by atoms with Crippen LogP contribution in [0.3, 0.4) is 0 Å². The minimum absolute atomic E-state index is 0.106. The Bertz CT molecular complexity index is 1350. The summed E-state index contributed by atoms with van der Waals surface area (Å²) in [6.45, 7) is 6.47. The molecule has 0 radical (unpaired) electrons. The number of ether oxygens (including phenoxy) is 3. The van der Waals surface area contributed by atoms with Gasteiger partial charge in [-0.3, -0.25) is 14.4 Å². The smallest absolute Gasteiger partial charge is 0.306 e. The summed E-state index contributed by atoms with van der Waals surface area (Å²) in [6.07, 6.45) is 75.9. The van der Waals surface area contributed by atoms with E-state index in [1.165, 1.54) is 148 Å². The zero-order chi connectivity index (χ0) is 50.7. The Morgan fingerprint density at radius 3 is 1.01 bits per heavy atom. The molecule has 0 heterocycles. The zero-order valence-corrected chi connectivity index (χ0v) is 46.0. The van der Waals surface area contributed by atoms with Gasteiger partial charge in [-0.2, -0.15) is 0 Å². The highest BCUT2D eigenvalue weighted by Gasteiger charge is 2.19. The molecule has 1 unspecified atom stereocenters. The van der Waals surface area contributed by atoms with E-state index in [-0.39, 0.29) is 37.5 Å². The maximum atomic E-state index is 12.9. The van der Waals surface area contributed by atoms with E-state index in [9.17, 15) is 14.4 Å². The zero-order valence-electron chi connectivity index (χ0n) is 46.0. The molecule has 0 amide bonds. The highest BCUT2D eigenvalue weighted by molar-refractivity contribution is 5.71. The molecule has 0 bridgehead atoms. The molecule has 0 N–H and O–H groups in total. The summed E-state index contributed by atoms with van der Waals surface area (Å²) in [5.74, 6) is -0.996.